The van der Waals surface area contributed by atoms with Crippen molar-refractivity contribution in [1.82, 2.24) is 9.88 Å². The maximum Gasteiger partial charge on any atom is 0.0995 e. The largest absolute Gasteiger partial charge is 0.350 e. The molecule has 0 aliphatic rings. The molecule has 0 amide bonds. The van der Waals surface area contributed by atoms with E-state index in [2.05, 4.69) is 28.2 Å². The van der Waals surface area contributed by atoms with Crippen molar-refractivity contribution < 1.29 is 0 Å². The molecule has 0 unspecified atom stereocenters. The lowest BCUT2D eigenvalue weighted by Gasteiger charge is -2.05. The predicted octanol–water partition coefficient (Wildman–Crippen LogP) is 2.13. The van der Waals surface area contributed by atoms with Gasteiger partial charge in [0.2, 0.25) is 0 Å². The van der Waals surface area contributed by atoms with E-state index < -0.39 is 0 Å². The van der Waals surface area contributed by atoms with Crippen molar-refractivity contribution in [3.05, 3.63) is 59.4 Å². The van der Waals surface area contributed by atoms with Crippen LogP contribution in [0.4, 0.5) is 0 Å². The molecule has 1 aromatic heterocycles. The van der Waals surface area contributed by atoms with Gasteiger partial charge in [0.25, 0.3) is 0 Å². The van der Waals surface area contributed by atoms with Crippen LogP contribution in [0.15, 0.2) is 42.7 Å². The van der Waals surface area contributed by atoms with Crippen molar-refractivity contribution in [2.24, 2.45) is 0 Å². The van der Waals surface area contributed by atoms with Gasteiger partial charge in [-0.2, -0.15) is 5.26 Å². The van der Waals surface area contributed by atoms with Crippen LogP contribution in [-0.4, -0.2) is 11.6 Å². The summed E-state index contributed by atoms with van der Waals surface area (Å²) in [6, 6.07) is 12.0. The van der Waals surface area contributed by atoms with E-state index in [1.165, 1.54) is 5.56 Å². The van der Waals surface area contributed by atoms with Gasteiger partial charge in [-0.05, 0) is 30.3 Å². The minimum Gasteiger partial charge on any atom is -0.350 e. The van der Waals surface area contributed by atoms with Gasteiger partial charge >= 0.3 is 0 Å². The van der Waals surface area contributed by atoms with Gasteiger partial charge in [0.1, 0.15) is 0 Å². The molecule has 0 bridgehead atoms. The average molecular weight is 225 g/mol. The Labute approximate surface area is 101 Å². The highest BCUT2D eigenvalue weighted by Gasteiger charge is 2.02. The van der Waals surface area contributed by atoms with Gasteiger partial charge in [-0.25, -0.2) is 0 Å². The van der Waals surface area contributed by atoms with Crippen LogP contribution in [0.5, 0.6) is 0 Å². The van der Waals surface area contributed by atoms with Crippen LogP contribution in [0.25, 0.3) is 0 Å². The van der Waals surface area contributed by atoms with Crippen molar-refractivity contribution in [1.29, 1.82) is 5.26 Å². The molecular formula is C14H15N3. The topological polar surface area (TPSA) is 40.8 Å². The molecule has 86 valence electrons. The molecule has 2 aromatic rings. The zero-order valence-electron chi connectivity index (χ0n) is 9.85. The normalized spacial score (nSPS) is 10.1. The molecule has 0 radical (unpaired) electrons. The Bertz CT molecular complexity index is 534. The maximum absolute atomic E-state index is 9.02. The van der Waals surface area contributed by atoms with Gasteiger partial charge in [-0.15, -0.1) is 0 Å². The Morgan fingerprint density at radius 3 is 2.88 bits per heavy atom. The van der Waals surface area contributed by atoms with Crippen molar-refractivity contribution in [2.45, 2.75) is 13.1 Å². The number of hydrogen-bond donors (Lipinski definition) is 1. The Hall–Kier alpha value is -2.05. The first-order valence-electron chi connectivity index (χ1n) is 5.60. The lowest BCUT2D eigenvalue weighted by molar-refractivity contribution is 0.781. The number of nitriles is 1. The van der Waals surface area contributed by atoms with Crippen molar-refractivity contribution in [2.75, 3.05) is 7.05 Å². The van der Waals surface area contributed by atoms with E-state index in [1.54, 1.807) is 0 Å². The van der Waals surface area contributed by atoms with Gasteiger partial charge in [0, 0.05) is 25.5 Å². The summed E-state index contributed by atoms with van der Waals surface area (Å²) in [6.07, 6.45) is 4.14. The Morgan fingerprint density at radius 1 is 1.29 bits per heavy atom. The zero-order chi connectivity index (χ0) is 12.1. The fourth-order valence-corrected chi connectivity index (χ4v) is 1.86. The van der Waals surface area contributed by atoms with E-state index in [-0.39, 0.29) is 0 Å². The van der Waals surface area contributed by atoms with Crippen molar-refractivity contribution in [3.63, 3.8) is 0 Å². The third kappa shape index (κ3) is 2.74. The van der Waals surface area contributed by atoms with Gasteiger partial charge in [-0.3, -0.25) is 0 Å². The van der Waals surface area contributed by atoms with E-state index >= 15 is 0 Å². The van der Waals surface area contributed by atoms with Gasteiger partial charge in [0.05, 0.1) is 11.6 Å². The second kappa shape index (κ2) is 5.33. The molecule has 2 rings (SSSR count). The van der Waals surface area contributed by atoms with Gasteiger partial charge < -0.3 is 9.88 Å². The lowest BCUT2D eigenvalue weighted by Crippen LogP contribution is -2.04. The minimum atomic E-state index is 0.743. The number of nitrogens with zero attached hydrogens (tertiary/aromatic N) is 2. The molecule has 0 atom stereocenters. The number of benzene rings is 1. The molecule has 0 saturated carbocycles. The lowest BCUT2D eigenvalue weighted by atomic mass is 10.1. The van der Waals surface area contributed by atoms with Gasteiger partial charge in [-0.1, -0.05) is 18.2 Å². The first-order valence-corrected chi connectivity index (χ1v) is 5.60. The first-order chi connectivity index (χ1) is 8.33. The SMILES string of the molecule is CNCc1ccn(Cc2ccccc2C#N)c1. The fraction of sp³-hybridized carbons (Fsp3) is 0.214. The van der Waals surface area contributed by atoms with E-state index in [1.807, 2.05) is 37.5 Å². The molecule has 0 aliphatic heterocycles. The van der Waals surface area contributed by atoms with Crippen LogP contribution in [0.1, 0.15) is 16.7 Å². The van der Waals surface area contributed by atoms with Crippen LogP contribution in [0, 0.1) is 11.3 Å². The molecule has 3 heteroatoms. The third-order valence-corrected chi connectivity index (χ3v) is 2.68. The summed E-state index contributed by atoms with van der Waals surface area (Å²) < 4.78 is 2.10. The zero-order valence-corrected chi connectivity index (χ0v) is 9.85. The van der Waals surface area contributed by atoms with Crippen LogP contribution < -0.4 is 5.32 Å². The summed E-state index contributed by atoms with van der Waals surface area (Å²) in [6.45, 7) is 1.61. The summed E-state index contributed by atoms with van der Waals surface area (Å²) in [5.74, 6) is 0. The van der Waals surface area contributed by atoms with Crippen LogP contribution in [0.2, 0.25) is 0 Å². The smallest absolute Gasteiger partial charge is 0.0995 e. The number of nitrogens with one attached hydrogen (secondary N) is 1. The van der Waals surface area contributed by atoms with Gasteiger partial charge in [0.15, 0.2) is 0 Å². The minimum absolute atomic E-state index is 0.743. The quantitative estimate of drug-likeness (QED) is 0.866. The fourth-order valence-electron chi connectivity index (χ4n) is 1.86. The summed E-state index contributed by atoms with van der Waals surface area (Å²) in [5.41, 5.74) is 3.06. The summed E-state index contributed by atoms with van der Waals surface area (Å²) in [7, 11) is 1.93. The molecule has 17 heavy (non-hydrogen) atoms. The Morgan fingerprint density at radius 2 is 2.12 bits per heavy atom. The number of hydrogen-bond acceptors (Lipinski definition) is 2. The first kappa shape index (κ1) is 11.4. The number of rotatable bonds is 4. The average Bonchev–Trinajstić information content (AvgIpc) is 2.78. The highest BCUT2D eigenvalue weighted by molar-refractivity contribution is 5.37. The molecule has 1 aromatic carbocycles. The van der Waals surface area contributed by atoms with E-state index in [0.717, 1.165) is 24.2 Å². The van der Waals surface area contributed by atoms with Crippen molar-refractivity contribution in [3.8, 4) is 6.07 Å². The highest BCUT2D eigenvalue weighted by Crippen LogP contribution is 2.10. The maximum atomic E-state index is 9.02. The number of aromatic nitrogens is 1. The van der Waals surface area contributed by atoms with Crippen molar-refractivity contribution >= 4 is 0 Å². The summed E-state index contributed by atoms with van der Waals surface area (Å²) >= 11 is 0. The molecule has 3 nitrogen and oxygen atoms in total. The van der Waals surface area contributed by atoms with E-state index in [9.17, 15) is 0 Å². The molecule has 0 saturated heterocycles. The summed E-state index contributed by atoms with van der Waals surface area (Å²) in [5, 5.41) is 12.1. The molecule has 0 aliphatic carbocycles. The van der Waals surface area contributed by atoms with E-state index in [0.29, 0.717) is 0 Å². The summed E-state index contributed by atoms with van der Waals surface area (Å²) in [4.78, 5) is 0. The molecule has 1 N–H and O–H groups in total. The molecule has 0 fully saturated rings. The van der Waals surface area contributed by atoms with Crippen LogP contribution >= 0.6 is 0 Å². The van der Waals surface area contributed by atoms with Crippen LogP contribution in [-0.2, 0) is 13.1 Å². The predicted molar refractivity (Wildman–Crippen MR) is 67.5 cm³/mol. The molecule has 0 spiro atoms. The van der Waals surface area contributed by atoms with E-state index in [4.69, 9.17) is 5.26 Å². The molecular weight excluding hydrogens is 210 g/mol. The van der Waals surface area contributed by atoms with Crippen LogP contribution in [0.3, 0.4) is 0 Å². The Balaban J connectivity index is 2.17. The second-order valence-corrected chi connectivity index (χ2v) is 3.99. The second-order valence-electron chi connectivity index (χ2n) is 3.99. The highest BCUT2D eigenvalue weighted by atomic mass is 14.9. The molecule has 1 heterocycles. The Kier molecular flexibility index (Phi) is 3.59. The third-order valence-electron chi connectivity index (χ3n) is 2.68. The monoisotopic (exact) mass is 225 g/mol. The standard InChI is InChI=1S/C14H15N3/c1-16-9-12-6-7-17(10-12)11-14-5-3-2-4-13(14)8-15/h2-7,10,16H,9,11H2,1H3.